The molecule has 2 fully saturated rings. The molecular weight excluding hydrogens is 322 g/mol. The molecule has 2 aliphatic rings. The van der Waals surface area contributed by atoms with E-state index < -0.39 is 0 Å². The third-order valence-corrected chi connectivity index (χ3v) is 5.57. The van der Waals surface area contributed by atoms with Crippen molar-refractivity contribution in [1.82, 2.24) is 15.1 Å². The van der Waals surface area contributed by atoms with Gasteiger partial charge in [-0.2, -0.15) is 0 Å². The SMILES string of the molecule is C[C@@H]1C[C@@H]2CCCC[C@H]2N1C(=O)c1ccc(-c2n[nH]c(=S)o2)cc1. The minimum absolute atomic E-state index is 0.145. The van der Waals surface area contributed by atoms with Crippen LogP contribution in [0.15, 0.2) is 28.7 Å². The van der Waals surface area contributed by atoms with Crippen molar-refractivity contribution >= 4 is 18.1 Å². The van der Waals surface area contributed by atoms with Crippen molar-refractivity contribution in [3.63, 3.8) is 0 Å². The maximum atomic E-state index is 13.0. The number of benzene rings is 1. The molecule has 6 heteroatoms. The lowest BCUT2D eigenvalue weighted by Gasteiger charge is -2.33. The molecule has 2 aromatic rings. The fourth-order valence-corrected chi connectivity index (χ4v) is 4.44. The summed E-state index contributed by atoms with van der Waals surface area (Å²) in [6.07, 6.45) is 6.10. The van der Waals surface area contributed by atoms with Crippen LogP contribution in [0.25, 0.3) is 11.5 Å². The topological polar surface area (TPSA) is 62.1 Å². The second-order valence-electron chi connectivity index (χ2n) is 6.90. The van der Waals surface area contributed by atoms with Gasteiger partial charge < -0.3 is 9.32 Å². The van der Waals surface area contributed by atoms with Crippen molar-refractivity contribution in [1.29, 1.82) is 0 Å². The maximum absolute atomic E-state index is 13.0. The molecule has 1 N–H and O–H groups in total. The Morgan fingerprint density at radius 2 is 2.04 bits per heavy atom. The van der Waals surface area contributed by atoms with Gasteiger partial charge in [-0.15, -0.1) is 5.10 Å². The largest absolute Gasteiger partial charge is 0.409 e. The number of nitrogens with one attached hydrogen (secondary N) is 1. The summed E-state index contributed by atoms with van der Waals surface area (Å²) in [5.74, 6) is 1.28. The zero-order valence-electron chi connectivity index (χ0n) is 13.7. The van der Waals surface area contributed by atoms with Gasteiger partial charge in [0.15, 0.2) is 0 Å². The first kappa shape index (κ1) is 15.6. The number of aromatic nitrogens is 2. The van der Waals surface area contributed by atoms with Crippen molar-refractivity contribution in [3.8, 4) is 11.5 Å². The van der Waals surface area contributed by atoms with Crippen LogP contribution in [0.4, 0.5) is 0 Å². The van der Waals surface area contributed by atoms with E-state index in [-0.39, 0.29) is 10.7 Å². The Kier molecular flexibility index (Phi) is 4.00. The van der Waals surface area contributed by atoms with E-state index in [0.29, 0.717) is 23.9 Å². The first-order valence-electron chi connectivity index (χ1n) is 8.62. The summed E-state index contributed by atoms with van der Waals surface area (Å²) in [7, 11) is 0. The lowest BCUT2D eigenvalue weighted by atomic mass is 9.85. The molecule has 0 bridgehead atoms. The Balaban J connectivity index is 1.57. The first-order valence-corrected chi connectivity index (χ1v) is 9.03. The van der Waals surface area contributed by atoms with Crippen LogP contribution in [-0.2, 0) is 0 Å². The molecule has 1 aliphatic heterocycles. The molecule has 5 nitrogen and oxygen atoms in total. The van der Waals surface area contributed by atoms with Gasteiger partial charge in [0.05, 0.1) is 0 Å². The van der Waals surface area contributed by atoms with Crippen LogP contribution in [-0.4, -0.2) is 33.1 Å². The molecule has 1 aliphatic carbocycles. The first-order chi connectivity index (χ1) is 11.6. The summed E-state index contributed by atoms with van der Waals surface area (Å²) in [6.45, 7) is 2.18. The summed E-state index contributed by atoms with van der Waals surface area (Å²) >= 11 is 4.89. The van der Waals surface area contributed by atoms with Gasteiger partial charge >= 0.3 is 0 Å². The second-order valence-corrected chi connectivity index (χ2v) is 7.28. The second kappa shape index (κ2) is 6.16. The molecule has 1 aromatic heterocycles. The Labute approximate surface area is 146 Å². The van der Waals surface area contributed by atoms with E-state index in [1.807, 2.05) is 24.3 Å². The molecule has 0 unspecified atom stereocenters. The van der Waals surface area contributed by atoms with Gasteiger partial charge in [0.25, 0.3) is 10.7 Å². The minimum Gasteiger partial charge on any atom is -0.409 e. The van der Waals surface area contributed by atoms with Crippen molar-refractivity contribution in [3.05, 3.63) is 34.7 Å². The maximum Gasteiger partial charge on any atom is 0.284 e. The summed E-state index contributed by atoms with van der Waals surface area (Å²) in [4.78, 5) is 15.4. The van der Waals surface area contributed by atoms with E-state index in [4.69, 9.17) is 16.6 Å². The number of hydrogen-bond donors (Lipinski definition) is 1. The van der Waals surface area contributed by atoms with Gasteiger partial charge in [0.2, 0.25) is 5.89 Å². The molecule has 4 rings (SSSR count). The molecule has 0 spiro atoms. The molecule has 3 atom stereocenters. The van der Waals surface area contributed by atoms with Crippen molar-refractivity contribution < 1.29 is 9.21 Å². The van der Waals surface area contributed by atoms with Gasteiger partial charge in [-0.1, -0.05) is 12.8 Å². The Morgan fingerprint density at radius 3 is 2.75 bits per heavy atom. The Hall–Kier alpha value is -1.95. The van der Waals surface area contributed by atoms with Crippen molar-refractivity contribution in [2.75, 3.05) is 0 Å². The van der Waals surface area contributed by atoms with Crippen LogP contribution >= 0.6 is 12.2 Å². The predicted molar refractivity (Wildman–Crippen MR) is 93.1 cm³/mol. The average Bonchev–Trinajstić information content (AvgIpc) is 3.17. The number of amides is 1. The number of fused-ring (bicyclic) bond motifs is 1. The number of carbonyl (C=O) groups is 1. The molecular formula is C18H21N3O2S. The number of hydrogen-bond acceptors (Lipinski definition) is 4. The van der Waals surface area contributed by atoms with E-state index in [9.17, 15) is 4.79 Å². The lowest BCUT2D eigenvalue weighted by Crippen LogP contribution is -2.42. The molecule has 1 aromatic carbocycles. The van der Waals surface area contributed by atoms with Crippen LogP contribution in [0, 0.1) is 10.8 Å². The van der Waals surface area contributed by atoms with Crippen LogP contribution in [0.2, 0.25) is 0 Å². The Morgan fingerprint density at radius 1 is 1.29 bits per heavy atom. The fraction of sp³-hybridized carbons (Fsp3) is 0.500. The van der Waals surface area contributed by atoms with Gasteiger partial charge in [0, 0.05) is 23.2 Å². The van der Waals surface area contributed by atoms with Gasteiger partial charge in [-0.25, -0.2) is 5.10 Å². The highest BCUT2D eigenvalue weighted by Crippen LogP contribution is 2.40. The highest BCUT2D eigenvalue weighted by Gasteiger charge is 2.42. The fourth-order valence-electron chi connectivity index (χ4n) is 4.32. The van der Waals surface area contributed by atoms with Crippen LogP contribution < -0.4 is 0 Å². The molecule has 24 heavy (non-hydrogen) atoms. The number of H-pyrrole nitrogens is 1. The monoisotopic (exact) mass is 343 g/mol. The van der Waals surface area contributed by atoms with Gasteiger partial charge in [-0.05, 0) is 68.6 Å². The van der Waals surface area contributed by atoms with Crippen molar-refractivity contribution in [2.24, 2.45) is 5.92 Å². The highest BCUT2D eigenvalue weighted by molar-refractivity contribution is 7.71. The molecule has 2 heterocycles. The molecule has 1 saturated carbocycles. The number of nitrogens with zero attached hydrogens (tertiary/aromatic N) is 2. The smallest absolute Gasteiger partial charge is 0.284 e. The minimum atomic E-state index is 0.145. The van der Waals surface area contributed by atoms with Crippen LogP contribution in [0.1, 0.15) is 49.4 Å². The average molecular weight is 343 g/mol. The number of aromatic amines is 1. The summed E-state index contributed by atoms with van der Waals surface area (Å²) in [6, 6.07) is 8.18. The third-order valence-electron chi connectivity index (χ3n) is 5.40. The molecule has 0 radical (unpaired) electrons. The van der Waals surface area contributed by atoms with Crippen molar-refractivity contribution in [2.45, 2.75) is 51.1 Å². The third kappa shape index (κ3) is 2.69. The van der Waals surface area contributed by atoms with Gasteiger partial charge in [-0.3, -0.25) is 4.79 Å². The summed E-state index contributed by atoms with van der Waals surface area (Å²) in [5.41, 5.74) is 1.54. The van der Waals surface area contributed by atoms with Gasteiger partial charge in [0.1, 0.15) is 0 Å². The normalized spacial score (nSPS) is 26.4. The predicted octanol–water partition coefficient (Wildman–Crippen LogP) is 4.19. The summed E-state index contributed by atoms with van der Waals surface area (Å²) < 4.78 is 5.31. The lowest BCUT2D eigenvalue weighted by molar-refractivity contribution is 0.0633. The quantitative estimate of drug-likeness (QED) is 0.831. The molecule has 126 valence electrons. The van der Waals surface area contributed by atoms with E-state index in [2.05, 4.69) is 22.0 Å². The molecule has 1 saturated heterocycles. The van der Waals surface area contributed by atoms with Crippen LogP contribution in [0.5, 0.6) is 0 Å². The van der Waals surface area contributed by atoms with E-state index >= 15 is 0 Å². The zero-order valence-corrected chi connectivity index (χ0v) is 14.5. The zero-order chi connectivity index (χ0) is 16.7. The molecule has 1 amide bonds. The van der Waals surface area contributed by atoms with Crippen LogP contribution in [0.3, 0.4) is 0 Å². The van der Waals surface area contributed by atoms with E-state index in [1.54, 1.807) is 0 Å². The summed E-state index contributed by atoms with van der Waals surface area (Å²) in [5, 5.41) is 6.62. The van der Waals surface area contributed by atoms with E-state index in [0.717, 1.165) is 24.0 Å². The number of carbonyl (C=O) groups excluding carboxylic acids is 1. The van der Waals surface area contributed by atoms with E-state index in [1.165, 1.54) is 19.3 Å². The highest BCUT2D eigenvalue weighted by atomic mass is 32.1. The number of likely N-dealkylation sites (tertiary alicyclic amines) is 1. The Bertz CT molecular complexity index is 795. The number of rotatable bonds is 2. The standard InChI is InChI=1S/C18H21N3O2S/c1-11-10-14-4-2-3-5-15(14)21(11)17(22)13-8-6-12(7-9-13)16-19-20-18(24)23-16/h6-9,11,14-15H,2-5,10H2,1H3,(H,20,24)/t11-,14+,15-/m1/s1.